The minimum atomic E-state index is -0.289. The fourth-order valence-corrected chi connectivity index (χ4v) is 2.57. The van der Waals surface area contributed by atoms with E-state index < -0.39 is 0 Å². The number of terminal acetylenes is 1. The molecular weight excluding hydrogens is 277 g/mol. The van der Waals surface area contributed by atoms with Crippen molar-refractivity contribution in [1.29, 1.82) is 0 Å². The lowest BCUT2D eigenvalue weighted by Gasteiger charge is -2.17. The topological polar surface area (TPSA) is 12.5 Å². The van der Waals surface area contributed by atoms with E-state index in [-0.39, 0.29) is 5.82 Å². The second kappa shape index (κ2) is 6.05. The molecule has 0 aliphatic carbocycles. The van der Waals surface area contributed by atoms with E-state index in [0.29, 0.717) is 24.4 Å². The van der Waals surface area contributed by atoms with Crippen LogP contribution in [0.4, 0.5) is 4.39 Å². The van der Waals surface area contributed by atoms with Gasteiger partial charge in [0.15, 0.2) is 0 Å². The van der Waals surface area contributed by atoms with Gasteiger partial charge in [0, 0.05) is 12.1 Å². The molecule has 0 bridgehead atoms. The molecule has 0 atom stereocenters. The van der Waals surface area contributed by atoms with Crippen molar-refractivity contribution in [3.05, 3.63) is 59.4 Å². The summed E-state index contributed by atoms with van der Waals surface area (Å²) >= 11 is 0. The van der Waals surface area contributed by atoms with Crippen molar-refractivity contribution in [1.82, 2.24) is 4.90 Å². The molecular formula is C19H16FNO. The summed E-state index contributed by atoms with van der Waals surface area (Å²) in [7, 11) is 1.94. The first-order valence-corrected chi connectivity index (χ1v) is 7.07. The van der Waals surface area contributed by atoms with E-state index in [1.165, 1.54) is 6.07 Å². The summed E-state index contributed by atoms with van der Waals surface area (Å²) in [5.41, 5.74) is 2.42. The smallest absolute Gasteiger partial charge is 0.137 e. The van der Waals surface area contributed by atoms with Gasteiger partial charge in [-0.25, -0.2) is 4.39 Å². The third kappa shape index (κ3) is 2.74. The van der Waals surface area contributed by atoms with Crippen LogP contribution in [0, 0.1) is 18.2 Å². The van der Waals surface area contributed by atoms with E-state index in [1.807, 2.05) is 42.3 Å². The Morgan fingerprint density at radius 3 is 2.73 bits per heavy atom. The Morgan fingerprint density at radius 2 is 1.91 bits per heavy atom. The molecule has 0 amide bonds. The van der Waals surface area contributed by atoms with E-state index >= 15 is 0 Å². The Labute approximate surface area is 129 Å². The van der Waals surface area contributed by atoms with Gasteiger partial charge in [-0.05, 0) is 36.9 Å². The predicted molar refractivity (Wildman–Crippen MR) is 87.1 cm³/mol. The molecule has 2 aromatic carbocycles. The van der Waals surface area contributed by atoms with Gasteiger partial charge in [-0.2, -0.15) is 0 Å². The lowest BCUT2D eigenvalue weighted by atomic mass is 10.0. The summed E-state index contributed by atoms with van der Waals surface area (Å²) < 4.78 is 20.1. The molecule has 1 aliphatic heterocycles. The van der Waals surface area contributed by atoms with Crippen LogP contribution in [0.1, 0.15) is 11.1 Å². The van der Waals surface area contributed by atoms with Crippen LogP contribution in [-0.2, 0) is 0 Å². The van der Waals surface area contributed by atoms with Gasteiger partial charge in [0.05, 0.1) is 12.1 Å². The van der Waals surface area contributed by atoms with E-state index in [9.17, 15) is 4.39 Å². The highest BCUT2D eigenvalue weighted by atomic mass is 19.1. The van der Waals surface area contributed by atoms with Crippen LogP contribution >= 0.6 is 0 Å². The number of hydrogen-bond donors (Lipinski definition) is 0. The van der Waals surface area contributed by atoms with Gasteiger partial charge in [-0.15, -0.1) is 6.42 Å². The molecule has 0 spiro atoms. The van der Waals surface area contributed by atoms with Gasteiger partial charge in [0.25, 0.3) is 0 Å². The Hall–Kier alpha value is -2.57. The molecule has 0 radical (unpaired) electrons. The Bertz CT molecular complexity index is 773. The van der Waals surface area contributed by atoms with Gasteiger partial charge in [-0.1, -0.05) is 30.2 Å². The zero-order chi connectivity index (χ0) is 15.5. The number of hydrogen-bond acceptors (Lipinski definition) is 2. The highest BCUT2D eigenvalue weighted by molar-refractivity contribution is 5.88. The number of ether oxygens (including phenoxy) is 1. The summed E-state index contributed by atoms with van der Waals surface area (Å²) in [6, 6.07) is 12.6. The second-order valence-corrected chi connectivity index (χ2v) is 5.30. The van der Waals surface area contributed by atoms with Gasteiger partial charge < -0.3 is 4.74 Å². The minimum absolute atomic E-state index is 0.289. The van der Waals surface area contributed by atoms with E-state index in [1.54, 1.807) is 12.1 Å². The molecule has 3 heteroatoms. The quantitative estimate of drug-likeness (QED) is 0.792. The van der Waals surface area contributed by atoms with Crippen molar-refractivity contribution >= 4 is 11.6 Å². The number of fused-ring (bicyclic) bond motifs is 2. The van der Waals surface area contributed by atoms with Gasteiger partial charge >= 0.3 is 0 Å². The maximum Gasteiger partial charge on any atom is 0.137 e. The highest BCUT2D eigenvalue weighted by Gasteiger charge is 2.19. The van der Waals surface area contributed by atoms with Crippen LogP contribution in [0.2, 0.25) is 0 Å². The summed E-state index contributed by atoms with van der Waals surface area (Å²) in [6.45, 7) is 1.16. The molecule has 0 aromatic heterocycles. The van der Waals surface area contributed by atoms with Crippen LogP contribution in [0.5, 0.6) is 11.5 Å². The second-order valence-electron chi connectivity index (χ2n) is 5.30. The van der Waals surface area contributed by atoms with Gasteiger partial charge in [0.2, 0.25) is 0 Å². The number of benzene rings is 2. The lowest BCUT2D eigenvalue weighted by Crippen LogP contribution is -2.20. The molecule has 0 saturated heterocycles. The highest BCUT2D eigenvalue weighted by Crippen LogP contribution is 2.38. The molecule has 0 fully saturated rings. The summed E-state index contributed by atoms with van der Waals surface area (Å²) in [6.07, 6.45) is 7.22. The zero-order valence-corrected chi connectivity index (χ0v) is 12.3. The number of likely N-dealkylation sites (N-methyl/N-ethyl adjacent to an activating group) is 1. The van der Waals surface area contributed by atoms with Crippen molar-refractivity contribution in [3.63, 3.8) is 0 Å². The third-order valence-corrected chi connectivity index (χ3v) is 3.59. The first kappa shape index (κ1) is 14.4. The standard InChI is InChI=1S/C19H16FNO/c1-3-11-21(2)13-14-12-16-17(20)8-6-10-19(16)22-18-9-5-4-7-15(14)18/h1,4-10,12H,11,13H2,2H3. The average molecular weight is 293 g/mol. The maximum absolute atomic E-state index is 14.2. The monoisotopic (exact) mass is 293 g/mol. The predicted octanol–water partition coefficient (Wildman–Crippen LogP) is 4.04. The molecule has 110 valence electrons. The van der Waals surface area contributed by atoms with Gasteiger partial charge in [0.1, 0.15) is 17.3 Å². The van der Waals surface area contributed by atoms with Crippen molar-refractivity contribution in [3.8, 4) is 23.8 Å². The summed E-state index contributed by atoms with van der Waals surface area (Å²) in [4.78, 5) is 2.01. The van der Waals surface area contributed by atoms with Crippen LogP contribution in [0.25, 0.3) is 11.6 Å². The van der Waals surface area contributed by atoms with Crippen LogP contribution in [0.3, 0.4) is 0 Å². The first-order valence-electron chi connectivity index (χ1n) is 7.07. The van der Waals surface area contributed by atoms with Gasteiger partial charge in [-0.3, -0.25) is 4.90 Å². The largest absolute Gasteiger partial charge is 0.456 e. The molecule has 3 rings (SSSR count). The van der Waals surface area contributed by atoms with Crippen LogP contribution < -0.4 is 4.74 Å². The summed E-state index contributed by atoms with van der Waals surface area (Å²) in [5.74, 6) is 3.59. The molecule has 2 aromatic rings. The molecule has 1 aliphatic rings. The van der Waals surface area contributed by atoms with E-state index in [4.69, 9.17) is 11.2 Å². The molecule has 0 N–H and O–H groups in total. The first-order chi connectivity index (χ1) is 10.7. The van der Waals surface area contributed by atoms with Crippen molar-refractivity contribution in [2.45, 2.75) is 0 Å². The van der Waals surface area contributed by atoms with E-state index in [2.05, 4.69) is 5.92 Å². The van der Waals surface area contributed by atoms with E-state index in [0.717, 1.165) is 16.9 Å². The van der Waals surface area contributed by atoms with Crippen molar-refractivity contribution in [2.75, 3.05) is 20.1 Å². The SMILES string of the molecule is C#CCN(C)CC1=Cc2c(F)cccc2Oc2ccccc21. The van der Waals surface area contributed by atoms with Crippen molar-refractivity contribution in [2.24, 2.45) is 0 Å². The van der Waals surface area contributed by atoms with Crippen LogP contribution in [0.15, 0.2) is 42.5 Å². The molecule has 22 heavy (non-hydrogen) atoms. The summed E-state index contributed by atoms with van der Waals surface area (Å²) in [5, 5.41) is 0. The molecule has 1 heterocycles. The average Bonchev–Trinajstić information content (AvgIpc) is 2.65. The Balaban J connectivity index is 2.12. The fourth-order valence-electron chi connectivity index (χ4n) is 2.57. The third-order valence-electron chi connectivity index (χ3n) is 3.59. The number of rotatable bonds is 3. The number of halogens is 1. The lowest BCUT2D eigenvalue weighted by molar-refractivity contribution is 0.425. The Kier molecular flexibility index (Phi) is 3.95. The molecule has 2 nitrogen and oxygen atoms in total. The molecule has 0 saturated carbocycles. The molecule has 0 unspecified atom stereocenters. The zero-order valence-electron chi connectivity index (χ0n) is 12.3. The van der Waals surface area contributed by atoms with Crippen molar-refractivity contribution < 1.29 is 9.13 Å². The van der Waals surface area contributed by atoms with Crippen LogP contribution in [-0.4, -0.2) is 25.0 Å². The number of para-hydroxylation sites is 1. The minimum Gasteiger partial charge on any atom is -0.456 e. The number of nitrogens with zero attached hydrogens (tertiary/aromatic N) is 1. The fraction of sp³-hybridized carbons (Fsp3) is 0.158. The Morgan fingerprint density at radius 1 is 1.14 bits per heavy atom. The normalized spacial score (nSPS) is 12.5. The maximum atomic E-state index is 14.2.